The van der Waals surface area contributed by atoms with Crippen LogP contribution in [0.1, 0.15) is 80.7 Å². The van der Waals surface area contributed by atoms with Crippen molar-refractivity contribution >= 4 is 23.1 Å². The van der Waals surface area contributed by atoms with E-state index in [4.69, 9.17) is 10.4 Å². The summed E-state index contributed by atoms with van der Waals surface area (Å²) in [4.78, 5) is 39.1. The molecule has 1 aromatic carbocycles. The van der Waals surface area contributed by atoms with E-state index >= 15 is 0 Å². The second kappa shape index (κ2) is 14.0. The van der Waals surface area contributed by atoms with Crippen LogP contribution in [0, 0.1) is 6.92 Å². The van der Waals surface area contributed by atoms with Crippen molar-refractivity contribution in [3.8, 4) is 11.1 Å². The van der Waals surface area contributed by atoms with Gasteiger partial charge in [-0.2, -0.15) is 0 Å². The Bertz CT molecular complexity index is 1500. The molecule has 5 N–H and O–H groups in total. The summed E-state index contributed by atoms with van der Waals surface area (Å²) in [5.74, 6) is 0.663. The summed E-state index contributed by atoms with van der Waals surface area (Å²) >= 11 is 0. The third kappa shape index (κ3) is 7.70. The molecule has 3 heterocycles. The third-order valence-corrected chi connectivity index (χ3v) is 8.03. The van der Waals surface area contributed by atoms with Crippen molar-refractivity contribution in [2.75, 3.05) is 36.4 Å². The molecular formula is C34H48N7O2+. The number of H-pyrrole nitrogens is 1. The molecule has 0 saturated carbocycles. The van der Waals surface area contributed by atoms with Gasteiger partial charge in [0, 0.05) is 80.4 Å². The van der Waals surface area contributed by atoms with Crippen LogP contribution in [0.25, 0.3) is 11.1 Å². The van der Waals surface area contributed by atoms with E-state index in [-0.39, 0.29) is 24.1 Å². The molecule has 0 unspecified atom stereocenters. The van der Waals surface area contributed by atoms with Crippen molar-refractivity contribution in [2.45, 2.75) is 79.9 Å². The van der Waals surface area contributed by atoms with E-state index in [9.17, 15) is 9.59 Å². The summed E-state index contributed by atoms with van der Waals surface area (Å²) in [6.07, 6.45) is 3.63. The highest BCUT2D eigenvalue weighted by atomic mass is 16.1. The lowest BCUT2D eigenvalue weighted by atomic mass is 9.94. The minimum atomic E-state index is -0.294. The quantitative estimate of drug-likeness (QED) is 0.255. The highest BCUT2D eigenvalue weighted by Gasteiger charge is 2.23. The Balaban J connectivity index is 1.64. The first-order chi connectivity index (χ1) is 20.5. The summed E-state index contributed by atoms with van der Waals surface area (Å²) in [7, 11) is 0. The van der Waals surface area contributed by atoms with Gasteiger partial charge < -0.3 is 20.5 Å². The standard InChI is InChI=1S/C34H47N7O2/c1-8-9-27-16-23(6)29(34(43)39-27)20-37-33(42)28-17-26(18-30(38-21(2)3)32(28)24(7)35)25-10-11-31(36-19-25)41-14-12-40(13-15-41)22(4)5/h10-11,16-19,21-22,35,38H,8-9,12-15,20H2,1-7H3,(H,37,42)(H,39,43)/p+1. The first-order valence-corrected chi connectivity index (χ1v) is 15.5. The zero-order valence-electron chi connectivity index (χ0n) is 26.8. The van der Waals surface area contributed by atoms with E-state index in [1.165, 1.54) is 0 Å². The van der Waals surface area contributed by atoms with E-state index in [2.05, 4.69) is 72.2 Å². The molecule has 230 valence electrons. The van der Waals surface area contributed by atoms with Gasteiger partial charge in [0.2, 0.25) is 0 Å². The number of nitrogens with two attached hydrogens (primary N) is 1. The number of nitrogens with one attached hydrogen (secondary N) is 3. The minimum Gasteiger partial charge on any atom is -0.382 e. The molecule has 3 aromatic rings. The predicted molar refractivity (Wildman–Crippen MR) is 176 cm³/mol. The molecule has 1 amide bonds. The number of hydrogen-bond donors (Lipinski definition) is 4. The van der Waals surface area contributed by atoms with Crippen LogP contribution in [0.4, 0.5) is 11.5 Å². The smallest absolute Gasteiger partial charge is 0.253 e. The van der Waals surface area contributed by atoms with Crippen LogP contribution in [0.5, 0.6) is 0 Å². The van der Waals surface area contributed by atoms with Gasteiger partial charge in [-0.15, -0.1) is 0 Å². The second-order valence-corrected chi connectivity index (χ2v) is 12.2. The van der Waals surface area contributed by atoms with Crippen LogP contribution < -0.4 is 26.5 Å². The molecule has 1 aliphatic heterocycles. The summed E-state index contributed by atoms with van der Waals surface area (Å²) in [6.45, 7) is 18.4. The van der Waals surface area contributed by atoms with Gasteiger partial charge in [0.05, 0.1) is 11.1 Å². The molecule has 0 aliphatic carbocycles. The summed E-state index contributed by atoms with van der Waals surface area (Å²) in [5, 5.41) is 12.8. The van der Waals surface area contributed by atoms with Crippen molar-refractivity contribution in [3.63, 3.8) is 0 Å². The number of aryl methyl sites for hydroxylation is 2. The number of carbonyl (C=O) groups excluding carboxylic acids is 1. The molecule has 2 aromatic heterocycles. The number of carbonyl (C=O) groups is 1. The molecule has 43 heavy (non-hydrogen) atoms. The molecule has 9 nitrogen and oxygen atoms in total. The van der Waals surface area contributed by atoms with Crippen LogP contribution >= 0.6 is 0 Å². The average molecular weight is 587 g/mol. The molecule has 0 spiro atoms. The van der Waals surface area contributed by atoms with Crippen LogP contribution in [0.2, 0.25) is 0 Å². The Hall–Kier alpha value is -3.98. The van der Waals surface area contributed by atoms with E-state index in [1.54, 1.807) is 6.92 Å². The zero-order chi connectivity index (χ0) is 31.3. The van der Waals surface area contributed by atoms with Crippen molar-refractivity contribution in [2.24, 2.45) is 0 Å². The van der Waals surface area contributed by atoms with E-state index in [1.807, 2.05) is 31.3 Å². The SMILES string of the molecule is CCCc1cc(C)c(CNC(=O)c2cc(-c3ccc(N4CCN(C(C)C)CC4)nc3)cc(NC(C)C)c2C(C)=[NH2+])c(=O)[nH]1. The number of pyridine rings is 2. The van der Waals surface area contributed by atoms with Crippen molar-refractivity contribution in [3.05, 3.63) is 74.8 Å². The highest BCUT2D eigenvalue weighted by molar-refractivity contribution is 6.11. The monoisotopic (exact) mass is 586 g/mol. The number of aromatic nitrogens is 2. The highest BCUT2D eigenvalue weighted by Crippen LogP contribution is 2.31. The van der Waals surface area contributed by atoms with Gasteiger partial charge in [-0.3, -0.25) is 19.9 Å². The van der Waals surface area contributed by atoms with Crippen LogP contribution in [-0.4, -0.2) is 64.7 Å². The summed E-state index contributed by atoms with van der Waals surface area (Å²) < 4.78 is 0. The molecule has 1 aliphatic rings. The number of benzene rings is 1. The number of anilines is 2. The maximum absolute atomic E-state index is 13.7. The maximum atomic E-state index is 13.7. The van der Waals surface area contributed by atoms with Gasteiger partial charge in [0.15, 0.2) is 5.71 Å². The molecule has 0 bridgehead atoms. The Morgan fingerprint density at radius 2 is 1.79 bits per heavy atom. The second-order valence-electron chi connectivity index (χ2n) is 12.2. The Kier molecular flexibility index (Phi) is 10.4. The van der Waals surface area contributed by atoms with Crippen LogP contribution in [0.3, 0.4) is 0 Å². The molecule has 1 saturated heterocycles. The van der Waals surface area contributed by atoms with E-state index < -0.39 is 0 Å². The first kappa shape index (κ1) is 31.9. The molecule has 9 heteroatoms. The van der Waals surface area contributed by atoms with Crippen molar-refractivity contribution in [1.29, 1.82) is 0 Å². The average Bonchev–Trinajstić information content (AvgIpc) is 2.96. The van der Waals surface area contributed by atoms with Crippen molar-refractivity contribution in [1.82, 2.24) is 20.2 Å². The zero-order valence-corrected chi connectivity index (χ0v) is 26.8. The fraction of sp³-hybridized carbons (Fsp3) is 0.471. The normalized spacial score (nSPS) is 13.9. The maximum Gasteiger partial charge on any atom is 0.253 e. The summed E-state index contributed by atoms with van der Waals surface area (Å²) in [6, 6.07) is 10.7. The largest absolute Gasteiger partial charge is 0.382 e. The Labute approximate surface area is 255 Å². The third-order valence-electron chi connectivity index (χ3n) is 8.03. The van der Waals surface area contributed by atoms with Crippen molar-refractivity contribution < 1.29 is 10.2 Å². The van der Waals surface area contributed by atoms with Gasteiger partial charge in [-0.25, -0.2) is 4.98 Å². The van der Waals surface area contributed by atoms with Gasteiger partial charge in [0.25, 0.3) is 11.5 Å². The lowest BCUT2D eigenvalue weighted by molar-refractivity contribution is -0.113. The molecule has 0 atom stereocenters. The number of amides is 1. The lowest BCUT2D eigenvalue weighted by Crippen LogP contribution is -2.49. The van der Waals surface area contributed by atoms with Gasteiger partial charge >= 0.3 is 0 Å². The molecule has 4 rings (SSSR count). The van der Waals surface area contributed by atoms with Gasteiger partial charge in [-0.1, -0.05) is 13.3 Å². The minimum absolute atomic E-state index is 0.118. The molecular weight excluding hydrogens is 538 g/mol. The van der Waals surface area contributed by atoms with Gasteiger partial charge in [0.1, 0.15) is 5.82 Å². The Morgan fingerprint density at radius 1 is 1.07 bits per heavy atom. The number of rotatable bonds is 11. The topological polar surface area (TPSA) is 119 Å². The fourth-order valence-electron chi connectivity index (χ4n) is 5.72. The summed E-state index contributed by atoms with van der Waals surface area (Å²) in [5.41, 5.74) is 6.35. The predicted octanol–water partition coefficient (Wildman–Crippen LogP) is 3.55. The van der Waals surface area contributed by atoms with Crippen LogP contribution in [0.15, 0.2) is 41.3 Å². The van der Waals surface area contributed by atoms with Gasteiger partial charge in [-0.05, 0) is 82.5 Å². The number of hydrogen-bond acceptors (Lipinski definition) is 6. The number of nitrogens with zero attached hydrogens (tertiary/aromatic N) is 3. The fourth-order valence-corrected chi connectivity index (χ4v) is 5.72. The first-order valence-electron chi connectivity index (χ1n) is 15.5. The lowest BCUT2D eigenvalue weighted by Gasteiger charge is -2.37. The van der Waals surface area contributed by atoms with Crippen LogP contribution in [-0.2, 0) is 13.0 Å². The number of piperazine rings is 1. The Morgan fingerprint density at radius 3 is 2.35 bits per heavy atom. The van der Waals surface area contributed by atoms with E-state index in [0.717, 1.165) is 72.9 Å². The molecule has 1 fully saturated rings. The molecule has 0 radical (unpaired) electrons. The van der Waals surface area contributed by atoms with E-state index in [0.29, 0.717) is 28.4 Å². The number of aromatic amines is 1.